The van der Waals surface area contributed by atoms with E-state index in [9.17, 15) is 9.90 Å². The molecule has 2 aliphatic heterocycles. The largest absolute Gasteiger partial charge is 0.455 e. The highest BCUT2D eigenvalue weighted by Gasteiger charge is 2.61. The van der Waals surface area contributed by atoms with Gasteiger partial charge in [0.15, 0.2) is 0 Å². The van der Waals surface area contributed by atoms with E-state index in [4.69, 9.17) is 9.47 Å². The van der Waals surface area contributed by atoms with Gasteiger partial charge in [-0.1, -0.05) is 12.7 Å². The Hall–Kier alpha value is -1.13. The lowest BCUT2D eigenvalue weighted by Crippen LogP contribution is -2.31. The second-order valence-corrected chi connectivity index (χ2v) is 6.09. The highest BCUT2D eigenvalue weighted by atomic mass is 16.6. The number of aliphatic hydroxyl groups is 1. The van der Waals surface area contributed by atoms with E-state index in [0.29, 0.717) is 12.0 Å². The standard InChI is InChI=1S/C15H20O4/c1-8-5-4-6-15(3)13(19-15)12-10(7-11(8)16)9(2)14(17)18-12/h5,10-13,16H,2,4,6-7H2,1,3H3/b8-5+/t10-,11-,12-,13+,15+/m0/s1. The molecule has 1 N–H and O–H groups in total. The first kappa shape index (κ1) is 12.9. The van der Waals surface area contributed by atoms with E-state index in [1.54, 1.807) is 0 Å². The summed E-state index contributed by atoms with van der Waals surface area (Å²) in [7, 11) is 0. The average Bonchev–Trinajstić information content (AvgIpc) is 2.95. The molecule has 4 nitrogen and oxygen atoms in total. The molecule has 0 radical (unpaired) electrons. The van der Waals surface area contributed by atoms with Crippen molar-refractivity contribution in [1.82, 2.24) is 0 Å². The highest BCUT2D eigenvalue weighted by molar-refractivity contribution is 5.91. The molecule has 0 spiro atoms. The monoisotopic (exact) mass is 264 g/mol. The van der Waals surface area contributed by atoms with Gasteiger partial charge in [0.1, 0.15) is 12.2 Å². The van der Waals surface area contributed by atoms with Crippen molar-refractivity contribution < 1.29 is 19.4 Å². The van der Waals surface area contributed by atoms with Gasteiger partial charge in [-0.2, -0.15) is 0 Å². The SMILES string of the molecule is C=C1C(=O)O[C@@H]2[C@H]3O[C@]3(C)CC/C=C(\C)[C@@H](O)C[C@@H]12. The second kappa shape index (κ2) is 4.18. The summed E-state index contributed by atoms with van der Waals surface area (Å²) < 4.78 is 11.2. The van der Waals surface area contributed by atoms with Gasteiger partial charge in [-0.25, -0.2) is 4.79 Å². The molecule has 2 saturated heterocycles. The highest BCUT2D eigenvalue weighted by Crippen LogP contribution is 2.49. The van der Waals surface area contributed by atoms with Gasteiger partial charge in [0.25, 0.3) is 0 Å². The minimum absolute atomic E-state index is 0.0558. The van der Waals surface area contributed by atoms with Crippen LogP contribution < -0.4 is 0 Å². The average molecular weight is 264 g/mol. The van der Waals surface area contributed by atoms with E-state index < -0.39 is 6.10 Å². The number of rotatable bonds is 0. The maximum absolute atomic E-state index is 11.7. The van der Waals surface area contributed by atoms with E-state index in [1.165, 1.54) is 0 Å². The summed E-state index contributed by atoms with van der Waals surface area (Å²) in [5, 5.41) is 10.2. The molecule has 0 bridgehead atoms. The quantitative estimate of drug-likeness (QED) is 0.313. The Balaban J connectivity index is 1.91. The zero-order valence-electron chi connectivity index (χ0n) is 11.4. The molecule has 0 saturated carbocycles. The fourth-order valence-electron chi connectivity index (χ4n) is 3.20. The number of aliphatic hydroxyl groups excluding tert-OH is 1. The zero-order chi connectivity index (χ0) is 13.8. The lowest BCUT2D eigenvalue weighted by atomic mass is 9.83. The third-order valence-electron chi connectivity index (χ3n) is 4.70. The normalized spacial score (nSPS) is 48.7. The van der Waals surface area contributed by atoms with Crippen LogP contribution in [0.2, 0.25) is 0 Å². The number of hydrogen-bond acceptors (Lipinski definition) is 4. The molecule has 2 heterocycles. The minimum Gasteiger partial charge on any atom is -0.455 e. The van der Waals surface area contributed by atoms with Crippen LogP contribution in [0.15, 0.2) is 23.8 Å². The summed E-state index contributed by atoms with van der Waals surface area (Å²) in [6, 6.07) is 0. The Labute approximate surface area is 113 Å². The molecule has 3 aliphatic rings. The number of allylic oxidation sites excluding steroid dienone is 1. The second-order valence-electron chi connectivity index (χ2n) is 6.09. The van der Waals surface area contributed by atoms with Crippen LogP contribution in [0.4, 0.5) is 0 Å². The molecule has 3 rings (SSSR count). The molecule has 1 aliphatic carbocycles. The smallest absolute Gasteiger partial charge is 0.334 e. The van der Waals surface area contributed by atoms with E-state index in [0.717, 1.165) is 18.4 Å². The van der Waals surface area contributed by atoms with E-state index in [2.05, 4.69) is 19.6 Å². The number of hydrogen-bond donors (Lipinski definition) is 1. The van der Waals surface area contributed by atoms with Crippen LogP contribution in [-0.2, 0) is 14.3 Å². The summed E-state index contributed by atoms with van der Waals surface area (Å²) in [5.41, 5.74) is 1.22. The molecule has 4 heteroatoms. The lowest BCUT2D eigenvalue weighted by Gasteiger charge is -2.22. The van der Waals surface area contributed by atoms with Crippen molar-refractivity contribution in [3.63, 3.8) is 0 Å². The van der Waals surface area contributed by atoms with Crippen molar-refractivity contribution in [1.29, 1.82) is 0 Å². The number of ether oxygens (including phenoxy) is 2. The number of carbonyl (C=O) groups excluding carboxylic acids is 1. The van der Waals surface area contributed by atoms with Crippen molar-refractivity contribution in [3.8, 4) is 0 Å². The molecule has 5 atom stereocenters. The third kappa shape index (κ3) is 2.03. The molecule has 0 aromatic rings. The summed E-state index contributed by atoms with van der Waals surface area (Å²) >= 11 is 0. The number of carbonyl (C=O) groups is 1. The topological polar surface area (TPSA) is 59.1 Å². The Morgan fingerprint density at radius 1 is 1.53 bits per heavy atom. The number of epoxide rings is 1. The first-order valence-corrected chi connectivity index (χ1v) is 6.85. The summed E-state index contributed by atoms with van der Waals surface area (Å²) in [4.78, 5) is 11.7. The molecule has 0 amide bonds. The van der Waals surface area contributed by atoms with E-state index in [1.807, 2.05) is 6.92 Å². The number of esters is 1. The summed E-state index contributed by atoms with van der Waals surface area (Å²) in [6.07, 6.45) is 3.42. The van der Waals surface area contributed by atoms with Crippen LogP contribution in [0.3, 0.4) is 0 Å². The first-order chi connectivity index (χ1) is 8.92. The van der Waals surface area contributed by atoms with Crippen LogP contribution in [-0.4, -0.2) is 35.0 Å². The Morgan fingerprint density at radius 3 is 3.00 bits per heavy atom. The van der Waals surface area contributed by atoms with Crippen LogP contribution in [0.25, 0.3) is 0 Å². The molecule has 0 aromatic heterocycles. The molecular formula is C15H20O4. The molecular weight excluding hydrogens is 244 g/mol. The van der Waals surface area contributed by atoms with Gasteiger partial charge in [0.2, 0.25) is 0 Å². The van der Waals surface area contributed by atoms with E-state index >= 15 is 0 Å². The fraction of sp³-hybridized carbons (Fsp3) is 0.667. The fourth-order valence-corrected chi connectivity index (χ4v) is 3.20. The van der Waals surface area contributed by atoms with Crippen molar-refractivity contribution in [2.24, 2.45) is 5.92 Å². The van der Waals surface area contributed by atoms with Crippen LogP contribution >= 0.6 is 0 Å². The summed E-state index contributed by atoms with van der Waals surface area (Å²) in [5.74, 6) is -0.489. The van der Waals surface area contributed by atoms with Gasteiger partial charge in [0.05, 0.1) is 11.7 Å². The Kier molecular flexibility index (Phi) is 2.84. The maximum Gasteiger partial charge on any atom is 0.334 e. The van der Waals surface area contributed by atoms with Gasteiger partial charge in [-0.3, -0.25) is 0 Å². The van der Waals surface area contributed by atoms with Crippen molar-refractivity contribution in [2.75, 3.05) is 0 Å². The summed E-state index contributed by atoms with van der Waals surface area (Å²) in [6.45, 7) is 7.81. The molecule has 0 aromatic carbocycles. The van der Waals surface area contributed by atoms with Gasteiger partial charge in [0, 0.05) is 11.5 Å². The molecule has 104 valence electrons. The zero-order valence-corrected chi connectivity index (χ0v) is 11.4. The number of fused-ring (bicyclic) bond motifs is 3. The van der Waals surface area contributed by atoms with Gasteiger partial charge in [-0.15, -0.1) is 0 Å². The van der Waals surface area contributed by atoms with Gasteiger partial charge in [-0.05, 0) is 38.7 Å². The predicted octanol–water partition coefficient (Wildman–Crippen LogP) is 1.73. The van der Waals surface area contributed by atoms with E-state index in [-0.39, 0.29) is 29.7 Å². The Bertz CT molecular complexity index is 467. The third-order valence-corrected chi connectivity index (χ3v) is 4.70. The molecule has 19 heavy (non-hydrogen) atoms. The maximum atomic E-state index is 11.7. The Morgan fingerprint density at radius 2 is 2.26 bits per heavy atom. The first-order valence-electron chi connectivity index (χ1n) is 6.85. The van der Waals surface area contributed by atoms with Crippen molar-refractivity contribution in [3.05, 3.63) is 23.8 Å². The molecule has 2 fully saturated rings. The minimum atomic E-state index is -0.540. The van der Waals surface area contributed by atoms with Crippen molar-refractivity contribution in [2.45, 2.75) is 57.0 Å². The molecule has 0 unspecified atom stereocenters. The van der Waals surface area contributed by atoms with Crippen molar-refractivity contribution >= 4 is 5.97 Å². The van der Waals surface area contributed by atoms with Gasteiger partial charge < -0.3 is 14.6 Å². The predicted molar refractivity (Wildman–Crippen MR) is 69.4 cm³/mol. The van der Waals surface area contributed by atoms with Crippen LogP contribution in [0.1, 0.15) is 33.1 Å². The van der Waals surface area contributed by atoms with Crippen LogP contribution in [0, 0.1) is 5.92 Å². The van der Waals surface area contributed by atoms with Gasteiger partial charge >= 0.3 is 5.97 Å². The van der Waals surface area contributed by atoms with Crippen LogP contribution in [0.5, 0.6) is 0 Å². The lowest BCUT2D eigenvalue weighted by molar-refractivity contribution is -0.140.